The summed E-state index contributed by atoms with van der Waals surface area (Å²) in [5.74, 6) is 4.85. The molecular formula is C8H6F6N2S. The lowest BCUT2D eigenvalue weighted by Crippen LogP contribution is -2.15. The molecule has 0 amide bonds. The molecule has 0 aliphatic carbocycles. The van der Waals surface area contributed by atoms with Gasteiger partial charge in [-0.2, -0.15) is 26.3 Å². The summed E-state index contributed by atoms with van der Waals surface area (Å²) in [4.78, 5) is -0.552. The fourth-order valence-electron chi connectivity index (χ4n) is 1.08. The Hall–Kier alpha value is -1.09. The lowest BCUT2D eigenvalue weighted by Gasteiger charge is -2.14. The van der Waals surface area contributed by atoms with Crippen LogP contribution in [0.5, 0.6) is 0 Å². The van der Waals surface area contributed by atoms with Gasteiger partial charge in [-0.1, -0.05) is 0 Å². The van der Waals surface area contributed by atoms with Crippen molar-refractivity contribution in [3.63, 3.8) is 0 Å². The predicted octanol–water partition coefficient (Wildman–Crippen LogP) is 3.60. The van der Waals surface area contributed by atoms with Crippen LogP contribution in [0, 0.1) is 0 Å². The maximum absolute atomic E-state index is 12.5. The van der Waals surface area contributed by atoms with Crippen molar-refractivity contribution in [3.05, 3.63) is 23.8 Å². The van der Waals surface area contributed by atoms with Crippen molar-refractivity contribution in [2.45, 2.75) is 16.6 Å². The van der Waals surface area contributed by atoms with E-state index in [1.165, 1.54) is 0 Å². The van der Waals surface area contributed by atoms with Gasteiger partial charge in [-0.15, -0.1) is 0 Å². The largest absolute Gasteiger partial charge is 0.446 e. The highest BCUT2D eigenvalue weighted by molar-refractivity contribution is 8.00. The van der Waals surface area contributed by atoms with Gasteiger partial charge < -0.3 is 5.43 Å². The van der Waals surface area contributed by atoms with Gasteiger partial charge in [-0.05, 0) is 30.0 Å². The summed E-state index contributed by atoms with van der Waals surface area (Å²) in [5, 5.41) is 0. The third-order valence-corrected chi connectivity index (χ3v) is 2.41. The minimum absolute atomic E-state index is 0.396. The normalized spacial score (nSPS) is 12.6. The van der Waals surface area contributed by atoms with Crippen molar-refractivity contribution in [2.75, 3.05) is 5.43 Å². The summed E-state index contributed by atoms with van der Waals surface area (Å²) in [5.41, 5.74) is -4.58. The van der Waals surface area contributed by atoms with Gasteiger partial charge in [-0.25, -0.2) is 0 Å². The van der Waals surface area contributed by atoms with Crippen LogP contribution in [-0.2, 0) is 6.18 Å². The lowest BCUT2D eigenvalue weighted by atomic mass is 10.2. The molecule has 2 nitrogen and oxygen atoms in total. The van der Waals surface area contributed by atoms with Crippen LogP contribution in [0.25, 0.3) is 0 Å². The van der Waals surface area contributed by atoms with Crippen LogP contribution < -0.4 is 11.3 Å². The third kappa shape index (κ3) is 4.00. The molecule has 9 heteroatoms. The summed E-state index contributed by atoms with van der Waals surface area (Å²) in [6.07, 6.45) is -4.77. The first-order valence-corrected chi connectivity index (χ1v) is 4.89. The highest BCUT2D eigenvalue weighted by Gasteiger charge is 2.35. The molecule has 0 aliphatic rings. The number of rotatable bonds is 2. The van der Waals surface area contributed by atoms with E-state index in [9.17, 15) is 26.3 Å². The zero-order valence-corrected chi connectivity index (χ0v) is 8.80. The molecule has 1 aromatic rings. The van der Waals surface area contributed by atoms with Gasteiger partial charge in [0.2, 0.25) is 0 Å². The second-order valence-electron chi connectivity index (χ2n) is 2.90. The molecule has 0 radical (unpaired) electrons. The fraction of sp³-hybridized carbons (Fsp3) is 0.250. The van der Waals surface area contributed by atoms with E-state index in [0.29, 0.717) is 6.07 Å². The minimum atomic E-state index is -4.77. The van der Waals surface area contributed by atoms with E-state index in [1.807, 2.05) is 0 Å². The minimum Gasteiger partial charge on any atom is -0.324 e. The van der Waals surface area contributed by atoms with Gasteiger partial charge in [0.1, 0.15) is 0 Å². The van der Waals surface area contributed by atoms with Gasteiger partial charge in [-0.3, -0.25) is 5.84 Å². The summed E-state index contributed by atoms with van der Waals surface area (Å²) in [6, 6.07) is 2.15. The van der Waals surface area contributed by atoms with E-state index in [0.717, 1.165) is 12.1 Å². The predicted molar refractivity (Wildman–Crippen MR) is 51.2 cm³/mol. The van der Waals surface area contributed by atoms with E-state index in [4.69, 9.17) is 5.84 Å². The molecule has 96 valence electrons. The van der Waals surface area contributed by atoms with Crippen molar-refractivity contribution in [1.82, 2.24) is 0 Å². The highest BCUT2D eigenvalue weighted by Crippen LogP contribution is 2.41. The molecule has 0 aliphatic heterocycles. The first-order valence-electron chi connectivity index (χ1n) is 4.07. The summed E-state index contributed by atoms with van der Waals surface area (Å²) in [6.45, 7) is 0. The van der Waals surface area contributed by atoms with Gasteiger partial charge >= 0.3 is 11.7 Å². The maximum atomic E-state index is 12.5. The fourth-order valence-corrected chi connectivity index (χ4v) is 1.66. The number of hydrazine groups is 1. The van der Waals surface area contributed by atoms with Gasteiger partial charge in [0.25, 0.3) is 0 Å². The van der Waals surface area contributed by atoms with Crippen LogP contribution in [0.1, 0.15) is 5.56 Å². The average molecular weight is 276 g/mol. The molecule has 0 fully saturated rings. The first kappa shape index (κ1) is 14.0. The number of halogens is 6. The molecule has 0 unspecified atom stereocenters. The van der Waals surface area contributed by atoms with Crippen LogP contribution in [0.15, 0.2) is 23.1 Å². The second-order valence-corrected chi connectivity index (χ2v) is 4.04. The smallest absolute Gasteiger partial charge is 0.324 e. The SMILES string of the molecule is NNc1ccc(SC(F)(F)F)cc1C(F)(F)F. The topological polar surface area (TPSA) is 38.0 Å². The van der Waals surface area contributed by atoms with Crippen molar-refractivity contribution in [3.8, 4) is 0 Å². The van der Waals surface area contributed by atoms with Crippen molar-refractivity contribution < 1.29 is 26.3 Å². The lowest BCUT2D eigenvalue weighted by molar-refractivity contribution is -0.137. The quantitative estimate of drug-likeness (QED) is 0.375. The van der Waals surface area contributed by atoms with Crippen LogP contribution in [0.4, 0.5) is 32.0 Å². The Morgan fingerprint density at radius 2 is 1.65 bits per heavy atom. The Labute approximate surface area is 96.1 Å². The number of thioether (sulfide) groups is 1. The standard InChI is InChI=1S/C8H6F6N2S/c9-7(10,11)5-3-4(17-8(12,13)14)1-2-6(5)16-15/h1-3,16H,15H2. The number of anilines is 1. The van der Waals surface area contributed by atoms with Crippen LogP contribution in [0.3, 0.4) is 0 Å². The molecule has 0 bridgehead atoms. The molecule has 1 rings (SSSR count). The average Bonchev–Trinajstić information content (AvgIpc) is 2.13. The van der Waals surface area contributed by atoms with Crippen molar-refractivity contribution in [1.29, 1.82) is 0 Å². The maximum Gasteiger partial charge on any atom is 0.446 e. The molecule has 0 atom stereocenters. The Morgan fingerprint density at radius 3 is 2.06 bits per heavy atom. The Bertz CT molecular complexity index is 400. The number of alkyl halides is 6. The molecule has 17 heavy (non-hydrogen) atoms. The van der Waals surface area contributed by atoms with Gasteiger partial charge in [0.05, 0.1) is 11.3 Å². The Morgan fingerprint density at radius 1 is 1.06 bits per heavy atom. The van der Waals surface area contributed by atoms with Crippen molar-refractivity contribution in [2.24, 2.45) is 5.84 Å². The molecular weight excluding hydrogens is 270 g/mol. The monoisotopic (exact) mass is 276 g/mol. The van der Waals surface area contributed by atoms with E-state index >= 15 is 0 Å². The van der Waals surface area contributed by atoms with Gasteiger partial charge in [0.15, 0.2) is 0 Å². The number of nitrogen functional groups attached to an aromatic ring is 1. The number of hydrogen-bond donors (Lipinski definition) is 2. The molecule has 0 saturated carbocycles. The summed E-state index contributed by atoms with van der Waals surface area (Å²) < 4.78 is 73.4. The molecule has 0 spiro atoms. The van der Waals surface area contributed by atoms with Crippen LogP contribution in [-0.4, -0.2) is 5.51 Å². The summed E-state index contributed by atoms with van der Waals surface area (Å²) >= 11 is -0.618. The summed E-state index contributed by atoms with van der Waals surface area (Å²) in [7, 11) is 0. The van der Waals surface area contributed by atoms with E-state index in [1.54, 1.807) is 5.43 Å². The number of hydrogen-bond acceptors (Lipinski definition) is 3. The molecule has 3 N–H and O–H groups in total. The highest BCUT2D eigenvalue weighted by atomic mass is 32.2. The third-order valence-electron chi connectivity index (χ3n) is 1.69. The van der Waals surface area contributed by atoms with Crippen molar-refractivity contribution >= 4 is 17.4 Å². The Kier molecular flexibility index (Phi) is 3.82. The van der Waals surface area contributed by atoms with Crippen LogP contribution in [0.2, 0.25) is 0 Å². The number of benzene rings is 1. The van der Waals surface area contributed by atoms with E-state index in [2.05, 4.69) is 0 Å². The van der Waals surface area contributed by atoms with E-state index in [-0.39, 0.29) is 0 Å². The van der Waals surface area contributed by atoms with Gasteiger partial charge in [0, 0.05) is 4.90 Å². The molecule has 0 heterocycles. The van der Waals surface area contributed by atoms with E-state index < -0.39 is 39.6 Å². The number of nitrogens with two attached hydrogens (primary N) is 1. The zero-order valence-electron chi connectivity index (χ0n) is 7.99. The first-order chi connectivity index (χ1) is 7.63. The number of nitrogens with one attached hydrogen (secondary N) is 1. The zero-order chi connectivity index (χ0) is 13.3. The Balaban J connectivity index is 3.14. The molecule has 1 aromatic carbocycles. The van der Waals surface area contributed by atoms with Crippen LogP contribution >= 0.6 is 11.8 Å². The molecule has 0 saturated heterocycles. The molecule has 0 aromatic heterocycles. The second kappa shape index (κ2) is 4.65.